The van der Waals surface area contributed by atoms with Crippen molar-refractivity contribution in [2.24, 2.45) is 53.3 Å². The number of allylic oxidation sites excluding steroid dienone is 2. The van der Waals surface area contributed by atoms with Crippen molar-refractivity contribution in [3.05, 3.63) is 11.6 Å². The van der Waals surface area contributed by atoms with Crippen LogP contribution >= 0.6 is 0 Å². The molecule has 0 N–H and O–H groups in total. The molecule has 0 heterocycles. The zero-order valence-corrected chi connectivity index (χ0v) is 32.0. The summed E-state index contributed by atoms with van der Waals surface area (Å²) in [6.45, 7) is 20.2. The average Bonchev–Trinajstić information content (AvgIpc) is 3.46. The Balaban J connectivity index is 2.19. The monoisotopic (exact) mass is 613 g/mol. The van der Waals surface area contributed by atoms with Gasteiger partial charge in [0.25, 0.3) is 0 Å². The first kappa shape index (κ1) is 39.9. The summed E-state index contributed by atoms with van der Waals surface area (Å²) in [7, 11) is 0. The SMILES string of the molecule is CCCCCCCC1C(CCC)CCCC(C)CC(CCC)C1C(C(C)C)C(CC)CCCCCCC1=CC(CCC)CC1. The van der Waals surface area contributed by atoms with Crippen LogP contribution in [0.5, 0.6) is 0 Å². The van der Waals surface area contributed by atoms with Gasteiger partial charge in [-0.15, -0.1) is 0 Å². The molecule has 0 aromatic carbocycles. The van der Waals surface area contributed by atoms with Gasteiger partial charge in [-0.1, -0.05) is 183 Å². The van der Waals surface area contributed by atoms with Gasteiger partial charge in [-0.2, -0.15) is 0 Å². The summed E-state index contributed by atoms with van der Waals surface area (Å²) in [5, 5.41) is 0. The molecular weight excluding hydrogens is 528 g/mol. The maximum absolute atomic E-state index is 2.67. The minimum Gasteiger partial charge on any atom is -0.0822 e. The summed E-state index contributed by atoms with van der Waals surface area (Å²) in [5.41, 5.74) is 1.80. The van der Waals surface area contributed by atoms with E-state index in [4.69, 9.17) is 0 Å². The lowest BCUT2D eigenvalue weighted by Crippen LogP contribution is -2.41. The summed E-state index contributed by atoms with van der Waals surface area (Å²) in [5.74, 6) is 8.32. The van der Waals surface area contributed by atoms with Crippen LogP contribution in [0.2, 0.25) is 0 Å². The molecule has 260 valence electrons. The minimum absolute atomic E-state index is 0.815. The molecule has 2 aliphatic carbocycles. The fraction of sp³-hybridized carbons (Fsp3) is 0.955. The van der Waals surface area contributed by atoms with E-state index in [1.54, 1.807) is 5.57 Å². The van der Waals surface area contributed by atoms with Crippen molar-refractivity contribution in [2.45, 2.75) is 216 Å². The van der Waals surface area contributed by atoms with Gasteiger partial charge in [0, 0.05) is 0 Å². The molecule has 1 fully saturated rings. The molecule has 0 saturated heterocycles. The molecule has 2 aliphatic rings. The van der Waals surface area contributed by atoms with Crippen molar-refractivity contribution >= 4 is 0 Å². The molecule has 0 heteroatoms. The predicted octanol–water partition coefficient (Wildman–Crippen LogP) is 15.4. The Bertz CT molecular complexity index is 701. The molecule has 0 aromatic rings. The molecule has 2 rings (SSSR count). The van der Waals surface area contributed by atoms with E-state index < -0.39 is 0 Å². The topological polar surface area (TPSA) is 0 Å². The van der Waals surface area contributed by atoms with Crippen molar-refractivity contribution in [2.75, 3.05) is 0 Å². The Morgan fingerprint density at radius 2 is 1.36 bits per heavy atom. The summed E-state index contributed by atoms with van der Waals surface area (Å²) in [6.07, 6.45) is 38.9. The van der Waals surface area contributed by atoms with Gasteiger partial charge in [-0.25, -0.2) is 0 Å². The quantitative estimate of drug-likeness (QED) is 0.0795. The van der Waals surface area contributed by atoms with E-state index in [9.17, 15) is 0 Å². The molecule has 0 nitrogen and oxygen atoms in total. The molecule has 44 heavy (non-hydrogen) atoms. The molecule has 0 bridgehead atoms. The fourth-order valence-electron chi connectivity index (χ4n) is 10.6. The van der Waals surface area contributed by atoms with E-state index in [2.05, 4.69) is 61.5 Å². The summed E-state index contributed by atoms with van der Waals surface area (Å²) >= 11 is 0. The maximum Gasteiger partial charge on any atom is -0.0228 e. The highest BCUT2D eigenvalue weighted by atomic mass is 14.5. The van der Waals surface area contributed by atoms with E-state index in [-0.39, 0.29) is 0 Å². The number of unbranched alkanes of at least 4 members (excludes halogenated alkanes) is 7. The lowest BCUT2D eigenvalue weighted by atomic mass is 9.58. The summed E-state index contributed by atoms with van der Waals surface area (Å²) in [4.78, 5) is 0. The van der Waals surface area contributed by atoms with Gasteiger partial charge in [0.05, 0.1) is 0 Å². The Kier molecular flexibility index (Phi) is 21.7. The van der Waals surface area contributed by atoms with Crippen molar-refractivity contribution in [3.63, 3.8) is 0 Å². The van der Waals surface area contributed by atoms with E-state index in [0.717, 1.165) is 53.3 Å². The van der Waals surface area contributed by atoms with Crippen LogP contribution in [0.1, 0.15) is 216 Å². The summed E-state index contributed by atoms with van der Waals surface area (Å²) < 4.78 is 0. The van der Waals surface area contributed by atoms with Crippen LogP contribution in [-0.4, -0.2) is 0 Å². The van der Waals surface area contributed by atoms with Crippen LogP contribution in [0.4, 0.5) is 0 Å². The van der Waals surface area contributed by atoms with Crippen molar-refractivity contribution < 1.29 is 0 Å². The highest BCUT2D eigenvalue weighted by molar-refractivity contribution is 5.10. The molecule has 0 spiro atoms. The molecule has 0 aliphatic heterocycles. The first-order chi connectivity index (χ1) is 21.4. The molecular formula is C44H84. The molecule has 0 aromatic heterocycles. The zero-order chi connectivity index (χ0) is 32.2. The Morgan fingerprint density at radius 3 is 2.05 bits per heavy atom. The lowest BCUT2D eigenvalue weighted by Gasteiger charge is -2.47. The Morgan fingerprint density at radius 1 is 0.682 bits per heavy atom. The largest absolute Gasteiger partial charge is 0.0822 e. The van der Waals surface area contributed by atoms with E-state index >= 15 is 0 Å². The van der Waals surface area contributed by atoms with Crippen LogP contribution < -0.4 is 0 Å². The normalized spacial score (nSPS) is 28.0. The zero-order valence-electron chi connectivity index (χ0n) is 32.0. The first-order valence-electron chi connectivity index (χ1n) is 21.1. The van der Waals surface area contributed by atoms with Crippen molar-refractivity contribution in [3.8, 4) is 0 Å². The van der Waals surface area contributed by atoms with Crippen LogP contribution in [0.3, 0.4) is 0 Å². The molecule has 1 saturated carbocycles. The van der Waals surface area contributed by atoms with Crippen LogP contribution in [0.15, 0.2) is 11.6 Å². The lowest BCUT2D eigenvalue weighted by molar-refractivity contribution is 0.0129. The van der Waals surface area contributed by atoms with Gasteiger partial charge in [0.15, 0.2) is 0 Å². The van der Waals surface area contributed by atoms with Crippen LogP contribution in [0, 0.1) is 53.3 Å². The van der Waals surface area contributed by atoms with E-state index in [0.29, 0.717) is 0 Å². The van der Waals surface area contributed by atoms with Crippen molar-refractivity contribution in [1.82, 2.24) is 0 Å². The highest BCUT2D eigenvalue weighted by Gasteiger charge is 2.43. The standard InChI is InChI=1S/C44H84/c1-9-14-15-16-21-30-42-40(24-11-3)29-22-26-36(8)33-41(25-12-4)44(42)43(35(6)7)39(13-5)28-20-18-17-19-27-38-32-31-37(34-38)23-10-2/h34-37,39-44H,9-33H2,1-8H3. The van der Waals surface area contributed by atoms with Gasteiger partial charge in [0.1, 0.15) is 0 Å². The van der Waals surface area contributed by atoms with Gasteiger partial charge in [0.2, 0.25) is 0 Å². The minimum atomic E-state index is 0.815. The fourth-order valence-corrected chi connectivity index (χ4v) is 10.6. The maximum atomic E-state index is 2.67. The molecule has 8 atom stereocenters. The van der Waals surface area contributed by atoms with E-state index in [1.807, 2.05) is 0 Å². The second-order valence-corrected chi connectivity index (χ2v) is 16.7. The van der Waals surface area contributed by atoms with Crippen molar-refractivity contribution in [1.29, 1.82) is 0 Å². The molecule has 0 radical (unpaired) electrons. The first-order valence-corrected chi connectivity index (χ1v) is 21.1. The van der Waals surface area contributed by atoms with Crippen LogP contribution in [-0.2, 0) is 0 Å². The highest BCUT2D eigenvalue weighted by Crippen LogP contribution is 2.51. The number of rotatable bonds is 23. The van der Waals surface area contributed by atoms with Gasteiger partial charge >= 0.3 is 0 Å². The third kappa shape index (κ3) is 14.2. The predicted molar refractivity (Wildman–Crippen MR) is 200 cm³/mol. The van der Waals surface area contributed by atoms with E-state index in [1.165, 1.54) is 161 Å². The molecule has 8 unspecified atom stereocenters. The third-order valence-corrected chi connectivity index (χ3v) is 12.7. The Labute approximate surface area is 280 Å². The van der Waals surface area contributed by atoms with Gasteiger partial charge in [-0.05, 0) is 98.2 Å². The average molecular weight is 613 g/mol. The second-order valence-electron chi connectivity index (χ2n) is 16.7. The second kappa shape index (κ2) is 24.0. The number of hydrogen-bond donors (Lipinski definition) is 0. The van der Waals surface area contributed by atoms with Crippen LogP contribution in [0.25, 0.3) is 0 Å². The van der Waals surface area contributed by atoms with Gasteiger partial charge in [-0.3, -0.25) is 0 Å². The number of hydrogen-bond acceptors (Lipinski definition) is 0. The Hall–Kier alpha value is -0.260. The third-order valence-electron chi connectivity index (χ3n) is 12.7. The summed E-state index contributed by atoms with van der Waals surface area (Å²) in [6, 6.07) is 0. The van der Waals surface area contributed by atoms with Gasteiger partial charge < -0.3 is 0 Å². The molecule has 0 amide bonds. The smallest absolute Gasteiger partial charge is 0.0228 e.